The van der Waals surface area contributed by atoms with E-state index in [0.29, 0.717) is 12.5 Å². The maximum atomic E-state index is 12.0. The van der Waals surface area contributed by atoms with Crippen LogP contribution in [0, 0.1) is 19.1 Å². The molecule has 1 rings (SSSR count). The van der Waals surface area contributed by atoms with Gasteiger partial charge in [-0.25, -0.2) is 0 Å². The van der Waals surface area contributed by atoms with E-state index in [1.165, 1.54) is 6.82 Å². The number of piperidine rings is 1. The van der Waals surface area contributed by atoms with E-state index in [2.05, 4.69) is 14.8 Å². The van der Waals surface area contributed by atoms with Gasteiger partial charge in [0.1, 0.15) is 0 Å². The van der Waals surface area contributed by atoms with Crippen LogP contribution in [0.5, 0.6) is 0 Å². The van der Waals surface area contributed by atoms with E-state index in [4.69, 9.17) is 17.9 Å². The number of carbonyl (C=O) groups is 1. The minimum absolute atomic E-state index is 0. The van der Waals surface area contributed by atoms with E-state index in [0.717, 1.165) is 25.5 Å². The molecule has 1 heterocycles. The summed E-state index contributed by atoms with van der Waals surface area (Å²) in [7, 11) is 6.14. The quantitative estimate of drug-likeness (QED) is 0.332. The van der Waals surface area contributed by atoms with Crippen LogP contribution >= 0.6 is 0 Å². The SMILES string of the molecule is CC.[B]C.[CH-]=CC(=[CH-])C(=O)N1CCC[C@@H](C)[C@H]1COC.[Y]. The van der Waals surface area contributed by atoms with Gasteiger partial charge in [-0.2, -0.15) is 0 Å². The van der Waals surface area contributed by atoms with Crippen molar-refractivity contribution in [2.45, 2.75) is 46.5 Å². The molecule has 3 nitrogen and oxygen atoms in total. The summed E-state index contributed by atoms with van der Waals surface area (Å²) in [5.74, 6) is 0.249. The van der Waals surface area contributed by atoms with E-state index in [-0.39, 0.29) is 50.2 Å². The summed E-state index contributed by atoms with van der Waals surface area (Å²) in [5.41, 5.74) is 0.107. The van der Waals surface area contributed by atoms with Gasteiger partial charge in [0, 0.05) is 52.4 Å². The average Bonchev–Trinajstić information content (AvgIpc) is 2.52. The number of nitrogens with zero attached hydrogens (tertiary/aromatic N) is 1. The molecule has 0 aromatic rings. The van der Waals surface area contributed by atoms with Gasteiger partial charge >= 0.3 is 0 Å². The number of hydrogen-bond acceptors (Lipinski definition) is 2. The molecule has 21 heavy (non-hydrogen) atoms. The monoisotopic (exact) mass is 366 g/mol. The first kappa shape index (κ1) is 26.0. The third kappa shape index (κ3) is 8.95. The Hall–Kier alpha value is 0.0788. The number of hydrogen-bond donors (Lipinski definition) is 0. The largest absolute Gasteiger partial charge is 0.401 e. The van der Waals surface area contributed by atoms with Crippen LogP contribution < -0.4 is 0 Å². The molecular formula is C16H28BNO2Y-2. The number of rotatable bonds is 4. The fourth-order valence-corrected chi connectivity index (χ4v) is 2.16. The van der Waals surface area contributed by atoms with E-state index < -0.39 is 0 Å². The maximum Gasteiger partial charge on any atom is 0.0659 e. The number of likely N-dealkylation sites (tertiary alicyclic amines) is 1. The minimum atomic E-state index is -0.184. The molecule has 3 radical (unpaired) electrons. The summed E-state index contributed by atoms with van der Waals surface area (Å²) in [6.07, 6.45) is 3.28. The van der Waals surface area contributed by atoms with E-state index in [1.807, 2.05) is 13.8 Å². The van der Waals surface area contributed by atoms with Crippen molar-refractivity contribution in [3.8, 4) is 0 Å². The van der Waals surface area contributed by atoms with Gasteiger partial charge in [0.15, 0.2) is 0 Å². The van der Waals surface area contributed by atoms with Gasteiger partial charge in [0.2, 0.25) is 0 Å². The van der Waals surface area contributed by atoms with E-state index in [9.17, 15) is 4.79 Å². The first-order valence-electron chi connectivity index (χ1n) is 7.16. The summed E-state index contributed by atoms with van der Waals surface area (Å²) in [6, 6.07) is 0.102. The summed E-state index contributed by atoms with van der Waals surface area (Å²) < 4.78 is 5.16. The Balaban J connectivity index is -0.000000595. The van der Waals surface area contributed by atoms with Crippen molar-refractivity contribution in [3.05, 3.63) is 24.8 Å². The van der Waals surface area contributed by atoms with Crippen LogP contribution in [0.3, 0.4) is 0 Å². The molecule has 1 fully saturated rings. The number of carbonyl (C=O) groups excluding carboxylic acids is 1. The van der Waals surface area contributed by atoms with Gasteiger partial charge < -0.3 is 33.7 Å². The molecule has 0 spiro atoms. The summed E-state index contributed by atoms with van der Waals surface area (Å²) in [6.45, 7) is 19.7. The fourth-order valence-electron chi connectivity index (χ4n) is 2.16. The van der Waals surface area contributed by atoms with Crippen molar-refractivity contribution in [3.63, 3.8) is 0 Å². The predicted molar refractivity (Wildman–Crippen MR) is 85.4 cm³/mol. The summed E-state index contributed by atoms with van der Waals surface area (Å²) in [5, 5.41) is 0. The van der Waals surface area contributed by atoms with Crippen LogP contribution in [0.25, 0.3) is 0 Å². The topological polar surface area (TPSA) is 29.5 Å². The van der Waals surface area contributed by atoms with Crippen LogP contribution in [-0.2, 0) is 42.2 Å². The minimum Gasteiger partial charge on any atom is -0.401 e. The molecule has 2 atom stereocenters. The molecule has 1 amide bonds. The zero-order valence-electron chi connectivity index (χ0n) is 14.1. The van der Waals surface area contributed by atoms with Gasteiger partial charge in [-0.05, 0) is 18.8 Å². The van der Waals surface area contributed by atoms with Crippen LogP contribution in [0.1, 0.15) is 33.6 Å². The second-order valence-corrected chi connectivity index (χ2v) is 4.26. The fraction of sp³-hybridized carbons (Fsp3) is 0.688. The van der Waals surface area contributed by atoms with Gasteiger partial charge in [0.25, 0.3) is 0 Å². The Morgan fingerprint density at radius 3 is 2.38 bits per heavy atom. The second kappa shape index (κ2) is 16.4. The van der Waals surface area contributed by atoms with Crippen molar-refractivity contribution < 1.29 is 42.2 Å². The van der Waals surface area contributed by atoms with Crippen molar-refractivity contribution in [1.82, 2.24) is 4.90 Å². The summed E-state index contributed by atoms with van der Waals surface area (Å²) >= 11 is 0. The Labute approximate surface area is 157 Å². The van der Waals surface area contributed by atoms with Gasteiger partial charge in [0.05, 0.1) is 20.4 Å². The molecule has 5 heteroatoms. The molecule has 0 unspecified atom stereocenters. The van der Waals surface area contributed by atoms with Gasteiger partial charge in [-0.3, -0.25) is 5.57 Å². The van der Waals surface area contributed by atoms with Crippen LogP contribution in [0.15, 0.2) is 11.6 Å². The number of amides is 1. The number of ether oxygens (including phenoxy) is 1. The molecule has 0 aliphatic carbocycles. The zero-order chi connectivity index (χ0) is 16.1. The zero-order valence-corrected chi connectivity index (χ0v) is 17.0. The Bertz CT molecular complexity index is 298. The van der Waals surface area contributed by atoms with Crippen molar-refractivity contribution in [2.24, 2.45) is 5.92 Å². The van der Waals surface area contributed by atoms with E-state index in [1.54, 1.807) is 12.0 Å². The second-order valence-electron chi connectivity index (χ2n) is 4.26. The van der Waals surface area contributed by atoms with E-state index >= 15 is 0 Å². The van der Waals surface area contributed by atoms with Crippen molar-refractivity contribution >= 4 is 13.8 Å². The molecule has 0 aromatic carbocycles. The Kier molecular flexibility index (Phi) is 20.4. The third-order valence-electron chi connectivity index (χ3n) is 3.14. The first-order chi connectivity index (χ1) is 9.61. The first-order valence-corrected chi connectivity index (χ1v) is 7.16. The number of methoxy groups -OCH3 is 1. The normalized spacial score (nSPS) is 19.8. The standard InChI is InChI=1S/C13H19NO2.C2H6.CH3B.Y/c1-5-10(2)13(15)14-8-6-7-11(3)12(14)9-16-4;2*1-2;/h1-2,5,11-12H,6-9H2,3-4H3;1-2H3;1H3;/q-2;;;/t11-,12-;;;/m1.../s1. The Morgan fingerprint density at radius 1 is 1.43 bits per heavy atom. The molecule has 1 aliphatic rings. The van der Waals surface area contributed by atoms with Gasteiger partial charge in [-0.15, -0.1) is 0 Å². The van der Waals surface area contributed by atoms with Crippen molar-refractivity contribution in [1.29, 1.82) is 0 Å². The average molecular weight is 366 g/mol. The Morgan fingerprint density at radius 2 is 1.95 bits per heavy atom. The molecule has 0 saturated carbocycles. The maximum absolute atomic E-state index is 12.0. The third-order valence-corrected chi connectivity index (χ3v) is 3.14. The molecule has 0 N–H and O–H groups in total. The molecule has 1 aliphatic heterocycles. The summed E-state index contributed by atoms with van der Waals surface area (Å²) in [4.78, 5) is 13.7. The van der Waals surface area contributed by atoms with Crippen molar-refractivity contribution in [2.75, 3.05) is 20.3 Å². The van der Waals surface area contributed by atoms with Crippen LogP contribution in [-0.4, -0.2) is 45.0 Å². The molecule has 1 saturated heterocycles. The molecule has 0 bridgehead atoms. The molecule has 0 aromatic heterocycles. The van der Waals surface area contributed by atoms with Crippen LogP contribution in [0.2, 0.25) is 6.82 Å². The molecular weight excluding hydrogens is 338 g/mol. The smallest absolute Gasteiger partial charge is 0.0659 e. The van der Waals surface area contributed by atoms with Gasteiger partial charge in [-0.1, -0.05) is 27.6 Å². The predicted octanol–water partition coefficient (Wildman–Crippen LogP) is 2.84. The molecule has 117 valence electrons. The van der Waals surface area contributed by atoms with Crippen LogP contribution in [0.4, 0.5) is 0 Å².